The van der Waals surface area contributed by atoms with Crippen molar-refractivity contribution in [2.75, 3.05) is 6.61 Å². The molecular weight excluding hydrogens is 236 g/mol. The van der Waals surface area contributed by atoms with Gasteiger partial charge in [-0.2, -0.15) is 0 Å². The average molecular weight is 254 g/mol. The maximum Gasteiger partial charge on any atom is 0.189 e. The average Bonchev–Trinajstić information content (AvgIpc) is 2.87. The SMILES string of the molecule is CC(C)[C@H]1COC(Cc2ccc3ccccc3n2)=N1. The second-order valence-electron chi connectivity index (χ2n) is 5.32. The van der Waals surface area contributed by atoms with E-state index in [4.69, 9.17) is 4.74 Å². The Morgan fingerprint density at radius 3 is 2.84 bits per heavy atom. The van der Waals surface area contributed by atoms with Crippen LogP contribution in [0.15, 0.2) is 41.4 Å². The van der Waals surface area contributed by atoms with Gasteiger partial charge in [0.2, 0.25) is 0 Å². The summed E-state index contributed by atoms with van der Waals surface area (Å²) in [6.07, 6.45) is 0.689. The lowest BCUT2D eigenvalue weighted by Gasteiger charge is -2.06. The van der Waals surface area contributed by atoms with Gasteiger partial charge in [0.25, 0.3) is 0 Å². The van der Waals surface area contributed by atoms with Crippen molar-refractivity contribution in [3.8, 4) is 0 Å². The maximum absolute atomic E-state index is 5.65. The summed E-state index contributed by atoms with van der Waals surface area (Å²) in [6, 6.07) is 12.6. The molecular formula is C16H18N2O. The Balaban J connectivity index is 1.80. The summed E-state index contributed by atoms with van der Waals surface area (Å²) in [6.45, 7) is 5.06. The third-order valence-electron chi connectivity index (χ3n) is 3.49. The van der Waals surface area contributed by atoms with E-state index >= 15 is 0 Å². The molecule has 0 bridgehead atoms. The quantitative estimate of drug-likeness (QED) is 0.842. The van der Waals surface area contributed by atoms with Crippen molar-refractivity contribution in [1.82, 2.24) is 4.98 Å². The molecule has 19 heavy (non-hydrogen) atoms. The Hall–Kier alpha value is -1.90. The van der Waals surface area contributed by atoms with Crippen LogP contribution in [0.1, 0.15) is 19.5 Å². The highest BCUT2D eigenvalue weighted by molar-refractivity contribution is 5.82. The molecule has 1 aromatic carbocycles. The molecule has 0 saturated carbocycles. The Bertz CT molecular complexity index is 619. The molecule has 0 saturated heterocycles. The first kappa shape index (κ1) is 12.2. The van der Waals surface area contributed by atoms with Gasteiger partial charge < -0.3 is 4.74 Å². The Morgan fingerprint density at radius 1 is 1.21 bits per heavy atom. The predicted octanol–water partition coefficient (Wildman–Crippen LogP) is 3.23. The van der Waals surface area contributed by atoms with Gasteiger partial charge in [0.15, 0.2) is 5.90 Å². The largest absolute Gasteiger partial charge is 0.478 e. The molecule has 1 aromatic heterocycles. The number of pyridine rings is 1. The minimum Gasteiger partial charge on any atom is -0.478 e. The van der Waals surface area contributed by atoms with Crippen molar-refractivity contribution in [2.24, 2.45) is 10.9 Å². The first-order valence-electron chi connectivity index (χ1n) is 6.76. The van der Waals surface area contributed by atoms with Crippen LogP contribution in [0.2, 0.25) is 0 Å². The molecule has 0 fully saturated rings. The van der Waals surface area contributed by atoms with Gasteiger partial charge in [0.1, 0.15) is 6.61 Å². The van der Waals surface area contributed by atoms with Crippen LogP contribution in [0.25, 0.3) is 10.9 Å². The van der Waals surface area contributed by atoms with Gasteiger partial charge in [-0.05, 0) is 18.1 Å². The fourth-order valence-electron chi connectivity index (χ4n) is 2.24. The number of fused-ring (bicyclic) bond motifs is 1. The number of ether oxygens (including phenoxy) is 1. The summed E-state index contributed by atoms with van der Waals surface area (Å²) in [5.74, 6) is 1.35. The van der Waals surface area contributed by atoms with Crippen molar-refractivity contribution in [3.63, 3.8) is 0 Å². The predicted molar refractivity (Wildman–Crippen MR) is 77.5 cm³/mol. The van der Waals surface area contributed by atoms with E-state index in [0.717, 1.165) is 17.1 Å². The zero-order chi connectivity index (χ0) is 13.2. The molecule has 3 heteroatoms. The first-order valence-corrected chi connectivity index (χ1v) is 6.76. The van der Waals surface area contributed by atoms with Crippen molar-refractivity contribution in [2.45, 2.75) is 26.3 Å². The molecule has 1 atom stereocenters. The molecule has 0 aliphatic carbocycles. The second kappa shape index (κ2) is 5.00. The van der Waals surface area contributed by atoms with E-state index in [-0.39, 0.29) is 0 Å². The number of hydrogen-bond donors (Lipinski definition) is 0. The monoisotopic (exact) mass is 254 g/mol. The number of rotatable bonds is 3. The fourth-order valence-corrected chi connectivity index (χ4v) is 2.24. The number of aliphatic imine (C=N–C) groups is 1. The van der Waals surface area contributed by atoms with E-state index in [2.05, 4.69) is 42.0 Å². The van der Waals surface area contributed by atoms with Gasteiger partial charge in [0.05, 0.1) is 23.7 Å². The third-order valence-corrected chi connectivity index (χ3v) is 3.49. The van der Waals surface area contributed by atoms with Gasteiger partial charge >= 0.3 is 0 Å². The number of aromatic nitrogens is 1. The van der Waals surface area contributed by atoms with Crippen molar-refractivity contribution >= 4 is 16.8 Å². The summed E-state index contributed by atoms with van der Waals surface area (Å²) in [7, 11) is 0. The van der Waals surface area contributed by atoms with Gasteiger partial charge in [-0.1, -0.05) is 38.1 Å². The lowest BCUT2D eigenvalue weighted by molar-refractivity contribution is 0.287. The minimum atomic E-state index is 0.301. The maximum atomic E-state index is 5.65. The van der Waals surface area contributed by atoms with Crippen LogP contribution in [0, 0.1) is 5.92 Å². The van der Waals surface area contributed by atoms with E-state index < -0.39 is 0 Å². The van der Waals surface area contributed by atoms with E-state index in [1.165, 1.54) is 5.39 Å². The Labute approximate surface area is 113 Å². The summed E-state index contributed by atoms with van der Waals surface area (Å²) in [5, 5.41) is 1.17. The highest BCUT2D eigenvalue weighted by atomic mass is 16.5. The fraction of sp³-hybridized carbons (Fsp3) is 0.375. The molecule has 2 heterocycles. The van der Waals surface area contributed by atoms with Gasteiger partial charge in [-0.15, -0.1) is 0 Å². The minimum absolute atomic E-state index is 0.301. The molecule has 1 aliphatic rings. The zero-order valence-corrected chi connectivity index (χ0v) is 11.3. The molecule has 1 aliphatic heterocycles. The summed E-state index contributed by atoms with van der Waals surface area (Å²) < 4.78 is 5.65. The van der Waals surface area contributed by atoms with E-state index in [0.29, 0.717) is 25.0 Å². The van der Waals surface area contributed by atoms with E-state index in [1.807, 2.05) is 18.2 Å². The molecule has 0 N–H and O–H groups in total. The summed E-state index contributed by atoms with van der Waals surface area (Å²) in [5.41, 5.74) is 2.04. The highest BCUT2D eigenvalue weighted by Gasteiger charge is 2.21. The molecule has 0 radical (unpaired) electrons. The van der Waals surface area contributed by atoms with E-state index in [9.17, 15) is 0 Å². The summed E-state index contributed by atoms with van der Waals surface area (Å²) in [4.78, 5) is 9.27. The highest BCUT2D eigenvalue weighted by Crippen LogP contribution is 2.17. The van der Waals surface area contributed by atoms with Crippen molar-refractivity contribution < 1.29 is 4.74 Å². The van der Waals surface area contributed by atoms with Crippen LogP contribution < -0.4 is 0 Å². The van der Waals surface area contributed by atoms with Crippen LogP contribution in [0.5, 0.6) is 0 Å². The van der Waals surface area contributed by atoms with Crippen molar-refractivity contribution in [3.05, 3.63) is 42.1 Å². The van der Waals surface area contributed by atoms with Crippen LogP contribution in [0.3, 0.4) is 0 Å². The molecule has 2 aromatic rings. The van der Waals surface area contributed by atoms with Crippen LogP contribution >= 0.6 is 0 Å². The van der Waals surface area contributed by atoms with Crippen LogP contribution in [-0.2, 0) is 11.2 Å². The Kier molecular flexibility index (Phi) is 3.20. The molecule has 0 unspecified atom stereocenters. The molecule has 98 valence electrons. The third kappa shape index (κ3) is 2.60. The van der Waals surface area contributed by atoms with Crippen LogP contribution in [0.4, 0.5) is 0 Å². The van der Waals surface area contributed by atoms with Crippen molar-refractivity contribution in [1.29, 1.82) is 0 Å². The van der Waals surface area contributed by atoms with Crippen LogP contribution in [-0.4, -0.2) is 23.5 Å². The molecule has 3 rings (SSSR count). The van der Waals surface area contributed by atoms with E-state index in [1.54, 1.807) is 0 Å². The van der Waals surface area contributed by atoms with Gasteiger partial charge in [-0.25, -0.2) is 4.99 Å². The molecule has 0 amide bonds. The normalized spacial score (nSPS) is 18.7. The van der Waals surface area contributed by atoms with Gasteiger partial charge in [-0.3, -0.25) is 4.98 Å². The lowest BCUT2D eigenvalue weighted by Crippen LogP contribution is -2.13. The zero-order valence-electron chi connectivity index (χ0n) is 11.3. The first-order chi connectivity index (χ1) is 9.22. The molecule has 0 spiro atoms. The lowest BCUT2D eigenvalue weighted by atomic mass is 10.1. The smallest absolute Gasteiger partial charge is 0.189 e. The number of benzene rings is 1. The molecule has 3 nitrogen and oxygen atoms in total. The second-order valence-corrected chi connectivity index (χ2v) is 5.32. The number of nitrogens with zero attached hydrogens (tertiary/aromatic N) is 2. The number of hydrogen-bond acceptors (Lipinski definition) is 3. The topological polar surface area (TPSA) is 34.5 Å². The Morgan fingerprint density at radius 2 is 2.05 bits per heavy atom. The standard InChI is InChI=1S/C16H18N2O/c1-11(2)15-10-19-16(18-15)9-13-8-7-12-5-3-4-6-14(12)17-13/h3-8,11,15H,9-10H2,1-2H3/t15-/m1/s1. The number of para-hydroxylation sites is 1. The summed E-state index contributed by atoms with van der Waals surface area (Å²) >= 11 is 0. The van der Waals surface area contributed by atoms with Gasteiger partial charge in [0, 0.05) is 5.39 Å².